The normalized spacial score (nSPS) is 11.4. The van der Waals surface area contributed by atoms with Crippen molar-refractivity contribution in [3.8, 4) is 0 Å². The summed E-state index contributed by atoms with van der Waals surface area (Å²) in [6, 6.07) is 17.1. The van der Waals surface area contributed by atoms with Crippen LogP contribution in [0.5, 0.6) is 0 Å². The van der Waals surface area contributed by atoms with Crippen LogP contribution >= 0.6 is 0 Å². The Balaban J connectivity index is 2.44. The Morgan fingerprint density at radius 3 is 1.90 bits per heavy atom. The van der Waals surface area contributed by atoms with Crippen molar-refractivity contribution in [2.45, 2.75) is 0 Å². The van der Waals surface area contributed by atoms with Gasteiger partial charge in [-0.1, -0.05) is 36.4 Å². The number of amides is 1. The van der Waals surface area contributed by atoms with Crippen molar-refractivity contribution >= 4 is 29.1 Å². The molecule has 0 radical (unpaired) electrons. The van der Waals surface area contributed by atoms with Gasteiger partial charge in [0.15, 0.2) is 0 Å². The van der Waals surface area contributed by atoms with Gasteiger partial charge in [0.2, 0.25) is 6.41 Å². The third-order valence-electron chi connectivity index (χ3n) is 2.48. The summed E-state index contributed by atoms with van der Waals surface area (Å²) in [6.07, 6.45) is 0.413. The standard InChI is InChI=1S/C13H13N3O3S/c17-11-14-15(12-7-3-1-4-8-12)16(20(18)19)13-9-5-2-6-10-13/h1-11H,(H,14,17)(H,18,19)/p-1. The highest BCUT2D eigenvalue weighted by atomic mass is 32.2. The smallest absolute Gasteiger partial charge is 0.227 e. The first kappa shape index (κ1) is 14.0. The van der Waals surface area contributed by atoms with Crippen LogP contribution in [0.25, 0.3) is 0 Å². The fourth-order valence-corrected chi connectivity index (χ4v) is 2.24. The molecule has 2 aromatic rings. The summed E-state index contributed by atoms with van der Waals surface area (Å²) in [5, 5.41) is 1.14. The number of benzene rings is 2. The second-order valence-corrected chi connectivity index (χ2v) is 4.50. The lowest BCUT2D eigenvalue weighted by molar-refractivity contribution is -0.109. The predicted octanol–water partition coefficient (Wildman–Crippen LogP) is 1.37. The van der Waals surface area contributed by atoms with Gasteiger partial charge in [0.05, 0.1) is 22.6 Å². The molecule has 0 saturated heterocycles. The van der Waals surface area contributed by atoms with Crippen molar-refractivity contribution in [3.05, 3.63) is 60.7 Å². The summed E-state index contributed by atoms with van der Waals surface area (Å²) in [5.41, 5.74) is 3.27. The Morgan fingerprint density at radius 1 is 0.950 bits per heavy atom. The van der Waals surface area contributed by atoms with Gasteiger partial charge in [-0.25, -0.2) is 5.43 Å². The topological polar surface area (TPSA) is 75.7 Å². The fourth-order valence-electron chi connectivity index (χ4n) is 1.67. The van der Waals surface area contributed by atoms with Gasteiger partial charge < -0.3 is 4.55 Å². The Labute approximate surface area is 119 Å². The third kappa shape index (κ3) is 3.14. The molecule has 1 amide bonds. The highest BCUT2D eigenvalue weighted by molar-refractivity contribution is 7.80. The Bertz CT molecular complexity index is 580. The number of nitrogens with zero attached hydrogens (tertiary/aromatic N) is 2. The molecule has 6 nitrogen and oxygen atoms in total. The molecule has 0 aliphatic carbocycles. The number of hydrogen-bond acceptors (Lipinski definition) is 4. The molecule has 20 heavy (non-hydrogen) atoms. The molecule has 0 aromatic heterocycles. The van der Waals surface area contributed by atoms with Crippen LogP contribution in [0.4, 0.5) is 11.4 Å². The van der Waals surface area contributed by atoms with Gasteiger partial charge in [0.25, 0.3) is 0 Å². The van der Waals surface area contributed by atoms with Crippen LogP contribution < -0.4 is 15.0 Å². The minimum atomic E-state index is -2.60. The summed E-state index contributed by atoms with van der Waals surface area (Å²) in [4.78, 5) is 10.8. The molecule has 2 aromatic carbocycles. The molecule has 0 saturated carbocycles. The van der Waals surface area contributed by atoms with Crippen molar-refractivity contribution in [3.63, 3.8) is 0 Å². The maximum Gasteiger partial charge on any atom is 0.227 e. The van der Waals surface area contributed by atoms with E-state index in [9.17, 15) is 13.6 Å². The molecule has 0 spiro atoms. The average molecular weight is 290 g/mol. The summed E-state index contributed by atoms with van der Waals surface area (Å²) in [6.45, 7) is 0. The Hall–Kier alpha value is -2.38. The van der Waals surface area contributed by atoms with Crippen molar-refractivity contribution in [2.24, 2.45) is 0 Å². The number of nitrogens with one attached hydrogen (secondary N) is 1. The Kier molecular flexibility index (Phi) is 4.70. The van der Waals surface area contributed by atoms with Crippen LogP contribution in [0.15, 0.2) is 60.7 Å². The molecule has 1 unspecified atom stereocenters. The van der Waals surface area contributed by atoms with Gasteiger partial charge >= 0.3 is 0 Å². The lowest BCUT2D eigenvalue weighted by Crippen LogP contribution is -2.52. The number of rotatable bonds is 6. The van der Waals surface area contributed by atoms with E-state index in [1.165, 1.54) is 0 Å². The number of carbonyl (C=O) groups excluding carboxylic acids is 1. The quantitative estimate of drug-likeness (QED) is 0.495. The third-order valence-corrected chi connectivity index (χ3v) is 3.13. The van der Waals surface area contributed by atoms with Crippen molar-refractivity contribution in [1.29, 1.82) is 0 Å². The first-order chi connectivity index (χ1) is 9.74. The highest BCUT2D eigenvalue weighted by Crippen LogP contribution is 2.21. The first-order valence-electron chi connectivity index (χ1n) is 5.73. The number of hydrazine groups is 2. The number of carbonyl (C=O) groups is 1. The van der Waals surface area contributed by atoms with E-state index in [1.54, 1.807) is 60.7 Å². The van der Waals surface area contributed by atoms with Gasteiger partial charge in [-0.05, 0) is 24.3 Å². The van der Waals surface area contributed by atoms with E-state index in [2.05, 4.69) is 5.43 Å². The fraction of sp³-hybridized carbons (Fsp3) is 0. The molecule has 2 rings (SSSR count). The minimum absolute atomic E-state index is 0.402. The van der Waals surface area contributed by atoms with E-state index in [0.29, 0.717) is 17.8 Å². The van der Waals surface area contributed by atoms with Crippen molar-refractivity contribution in [1.82, 2.24) is 5.43 Å². The number of para-hydroxylation sites is 2. The van der Waals surface area contributed by atoms with E-state index in [0.717, 1.165) is 9.53 Å². The van der Waals surface area contributed by atoms with E-state index < -0.39 is 11.3 Å². The molecule has 0 aliphatic heterocycles. The number of hydrogen-bond donors (Lipinski definition) is 1. The molecule has 0 fully saturated rings. The molecule has 1 N–H and O–H groups in total. The summed E-state index contributed by atoms with van der Waals surface area (Å²) < 4.78 is 24.0. The van der Waals surface area contributed by atoms with Gasteiger partial charge in [-0.3, -0.25) is 9.00 Å². The van der Waals surface area contributed by atoms with Crippen molar-refractivity contribution < 1.29 is 13.6 Å². The maximum atomic E-state index is 11.5. The predicted molar refractivity (Wildman–Crippen MR) is 76.0 cm³/mol. The zero-order chi connectivity index (χ0) is 14.4. The van der Waals surface area contributed by atoms with E-state index in [4.69, 9.17) is 0 Å². The lowest BCUT2D eigenvalue weighted by atomic mass is 10.3. The molecule has 0 heterocycles. The Morgan fingerprint density at radius 2 is 1.45 bits per heavy atom. The zero-order valence-electron chi connectivity index (χ0n) is 10.4. The van der Waals surface area contributed by atoms with Gasteiger partial charge in [0, 0.05) is 0 Å². The molecular weight excluding hydrogens is 278 g/mol. The van der Waals surface area contributed by atoms with Gasteiger partial charge in [-0.15, -0.1) is 0 Å². The second kappa shape index (κ2) is 6.69. The van der Waals surface area contributed by atoms with Crippen LogP contribution in [0.3, 0.4) is 0 Å². The van der Waals surface area contributed by atoms with Crippen LogP contribution in [0.1, 0.15) is 0 Å². The highest BCUT2D eigenvalue weighted by Gasteiger charge is 2.17. The largest absolute Gasteiger partial charge is 0.754 e. The van der Waals surface area contributed by atoms with Crippen molar-refractivity contribution in [2.75, 3.05) is 9.53 Å². The summed E-state index contributed by atoms with van der Waals surface area (Å²) in [5.74, 6) is 0. The molecule has 1 atom stereocenters. The van der Waals surface area contributed by atoms with E-state index >= 15 is 0 Å². The SMILES string of the molecule is O=CNN(c1ccccc1)N(c1ccccc1)S(=O)[O-]. The van der Waals surface area contributed by atoms with Gasteiger partial charge in [-0.2, -0.15) is 9.53 Å². The molecule has 104 valence electrons. The molecule has 0 bridgehead atoms. The monoisotopic (exact) mass is 290 g/mol. The molecule has 0 aliphatic rings. The van der Waals surface area contributed by atoms with Crippen LogP contribution in [0, 0.1) is 0 Å². The van der Waals surface area contributed by atoms with Crippen LogP contribution in [-0.4, -0.2) is 15.2 Å². The van der Waals surface area contributed by atoms with Gasteiger partial charge in [0.1, 0.15) is 0 Å². The van der Waals surface area contributed by atoms with Crippen LogP contribution in [-0.2, 0) is 16.1 Å². The number of anilines is 2. The summed E-state index contributed by atoms with van der Waals surface area (Å²) >= 11 is -2.60. The van der Waals surface area contributed by atoms with E-state index in [1.807, 2.05) is 0 Å². The zero-order valence-corrected chi connectivity index (χ0v) is 11.2. The molecule has 7 heteroatoms. The minimum Gasteiger partial charge on any atom is -0.754 e. The summed E-state index contributed by atoms with van der Waals surface area (Å²) in [7, 11) is 0. The average Bonchev–Trinajstić information content (AvgIpc) is 2.48. The second-order valence-electron chi connectivity index (χ2n) is 3.72. The maximum absolute atomic E-state index is 11.5. The van der Waals surface area contributed by atoms with E-state index in [-0.39, 0.29) is 0 Å². The molecular formula is C13H12N3O3S-. The lowest BCUT2D eigenvalue weighted by Gasteiger charge is -2.37. The van der Waals surface area contributed by atoms with Crippen LogP contribution in [0.2, 0.25) is 0 Å². The first-order valence-corrected chi connectivity index (χ1v) is 6.76.